The number of anilines is 3. The zero-order chi connectivity index (χ0) is 19.2. The average molecular weight is 377 g/mol. The first kappa shape index (κ1) is 15.9. The maximum Gasteiger partial charge on any atom is 0.228 e. The Balaban J connectivity index is 1.44. The van der Waals surface area contributed by atoms with Crippen molar-refractivity contribution in [1.29, 1.82) is 0 Å². The Bertz CT molecular complexity index is 1260. The summed E-state index contributed by atoms with van der Waals surface area (Å²) in [5, 5.41) is 0. The molecule has 0 fully saturated rings. The molecule has 3 aromatic carbocycles. The molecule has 1 aliphatic heterocycles. The van der Waals surface area contributed by atoms with E-state index in [-0.39, 0.29) is 0 Å². The van der Waals surface area contributed by atoms with Crippen LogP contribution in [0, 0.1) is 0 Å². The van der Waals surface area contributed by atoms with Crippen LogP contribution in [0.3, 0.4) is 0 Å². The molecule has 6 rings (SSSR count). The zero-order valence-corrected chi connectivity index (χ0v) is 15.3. The molecule has 138 valence electrons. The Hall–Kier alpha value is -4.12. The Morgan fingerprint density at radius 2 is 1.38 bits per heavy atom. The predicted octanol–water partition coefficient (Wildman–Crippen LogP) is 6.47. The van der Waals surface area contributed by atoms with Gasteiger partial charge < -0.3 is 14.1 Å². The van der Waals surface area contributed by atoms with Crippen LogP contribution in [-0.4, -0.2) is 9.97 Å². The van der Waals surface area contributed by atoms with Gasteiger partial charge in [-0.3, -0.25) is 0 Å². The van der Waals surface area contributed by atoms with Gasteiger partial charge in [0, 0.05) is 17.4 Å². The summed E-state index contributed by atoms with van der Waals surface area (Å²) in [6.45, 7) is 0. The highest BCUT2D eigenvalue weighted by Crippen LogP contribution is 2.50. The lowest BCUT2D eigenvalue weighted by atomic mass is 10.1. The first-order valence-corrected chi connectivity index (χ1v) is 9.35. The molecular formula is C24H15N3O2. The molecule has 5 nitrogen and oxygen atoms in total. The van der Waals surface area contributed by atoms with Crippen LogP contribution in [0.1, 0.15) is 0 Å². The molecule has 2 aromatic heterocycles. The fourth-order valence-corrected chi connectivity index (χ4v) is 3.63. The summed E-state index contributed by atoms with van der Waals surface area (Å²) in [6, 6.07) is 28.0. The number of hydrogen-bond acceptors (Lipinski definition) is 5. The number of fused-ring (bicyclic) bond motifs is 3. The van der Waals surface area contributed by atoms with E-state index in [0.29, 0.717) is 17.1 Å². The highest BCUT2D eigenvalue weighted by Gasteiger charge is 2.25. The van der Waals surface area contributed by atoms with Crippen LogP contribution >= 0.6 is 0 Å². The molecule has 1 aliphatic rings. The van der Waals surface area contributed by atoms with E-state index >= 15 is 0 Å². The molecule has 0 radical (unpaired) electrons. The van der Waals surface area contributed by atoms with Crippen LogP contribution in [0.5, 0.6) is 11.5 Å². The van der Waals surface area contributed by atoms with Gasteiger partial charge in [-0.2, -0.15) is 4.98 Å². The van der Waals surface area contributed by atoms with E-state index < -0.39 is 0 Å². The molecule has 0 saturated heterocycles. The van der Waals surface area contributed by atoms with E-state index in [1.807, 2.05) is 60.7 Å². The smallest absolute Gasteiger partial charge is 0.228 e. The number of nitrogens with zero attached hydrogens (tertiary/aromatic N) is 3. The Kier molecular flexibility index (Phi) is 3.40. The number of ether oxygens (including phenoxy) is 1. The Labute approximate surface area is 166 Å². The van der Waals surface area contributed by atoms with Gasteiger partial charge in [0.25, 0.3) is 0 Å². The van der Waals surface area contributed by atoms with E-state index in [1.165, 1.54) is 0 Å². The molecule has 0 unspecified atom stereocenters. The maximum atomic E-state index is 6.08. The number of para-hydroxylation sites is 4. The summed E-state index contributed by atoms with van der Waals surface area (Å²) in [5.41, 5.74) is 5.24. The lowest BCUT2D eigenvalue weighted by Crippen LogP contribution is -2.15. The van der Waals surface area contributed by atoms with Gasteiger partial charge in [-0.05, 0) is 60.7 Å². The largest absolute Gasteiger partial charge is 0.453 e. The van der Waals surface area contributed by atoms with Gasteiger partial charge in [-0.25, -0.2) is 4.98 Å². The van der Waals surface area contributed by atoms with E-state index in [4.69, 9.17) is 9.15 Å². The monoisotopic (exact) mass is 377 g/mol. The normalized spacial score (nSPS) is 12.3. The van der Waals surface area contributed by atoms with E-state index in [1.54, 1.807) is 6.20 Å². The number of benzene rings is 3. The van der Waals surface area contributed by atoms with Gasteiger partial charge in [0.1, 0.15) is 0 Å². The van der Waals surface area contributed by atoms with Crippen molar-refractivity contribution in [2.24, 2.45) is 0 Å². The summed E-state index contributed by atoms with van der Waals surface area (Å²) in [6.07, 6.45) is 1.71. The van der Waals surface area contributed by atoms with E-state index in [2.05, 4.69) is 39.1 Å². The molecule has 5 heteroatoms. The second-order valence-electron chi connectivity index (χ2n) is 6.76. The quantitative estimate of drug-likeness (QED) is 0.346. The molecule has 29 heavy (non-hydrogen) atoms. The highest BCUT2D eigenvalue weighted by molar-refractivity contribution is 5.86. The standard InChI is InChI=1S/C24H15N3O2/c1-3-8-20-18(6-1)27(19-7-2-4-9-21(19)28-20)17-13-11-16(12-14-17)24-26-23-22(29-24)10-5-15-25-23/h1-15H. The number of aromatic nitrogens is 2. The lowest BCUT2D eigenvalue weighted by Gasteiger charge is -2.32. The minimum absolute atomic E-state index is 0.563. The molecule has 0 aliphatic carbocycles. The summed E-state index contributed by atoms with van der Waals surface area (Å²) < 4.78 is 11.9. The Morgan fingerprint density at radius 3 is 2.07 bits per heavy atom. The van der Waals surface area contributed by atoms with Gasteiger partial charge in [0.2, 0.25) is 5.89 Å². The third-order valence-electron chi connectivity index (χ3n) is 4.97. The SMILES string of the molecule is c1ccc2c(c1)Oc1ccccc1N2c1ccc(-c2nc3ncccc3o2)cc1. The summed E-state index contributed by atoms with van der Waals surface area (Å²) >= 11 is 0. The molecule has 0 saturated carbocycles. The average Bonchev–Trinajstić information content (AvgIpc) is 3.22. The van der Waals surface area contributed by atoms with Gasteiger partial charge >= 0.3 is 0 Å². The molecule has 5 aromatic rings. The van der Waals surface area contributed by atoms with Gasteiger partial charge in [0.15, 0.2) is 22.7 Å². The van der Waals surface area contributed by atoms with Gasteiger partial charge in [0.05, 0.1) is 11.4 Å². The maximum absolute atomic E-state index is 6.08. The Morgan fingerprint density at radius 1 is 0.690 bits per heavy atom. The van der Waals surface area contributed by atoms with Gasteiger partial charge in [-0.15, -0.1) is 0 Å². The molecule has 0 bridgehead atoms. The minimum atomic E-state index is 0.563. The number of hydrogen-bond donors (Lipinski definition) is 0. The third kappa shape index (κ3) is 2.56. The van der Waals surface area contributed by atoms with E-state index in [9.17, 15) is 0 Å². The molecular weight excluding hydrogens is 362 g/mol. The first-order valence-electron chi connectivity index (χ1n) is 9.35. The van der Waals surface area contributed by atoms with Crippen LogP contribution in [0.2, 0.25) is 0 Å². The van der Waals surface area contributed by atoms with Crippen molar-refractivity contribution in [3.05, 3.63) is 91.1 Å². The summed E-state index contributed by atoms with van der Waals surface area (Å²) in [7, 11) is 0. The molecule has 0 N–H and O–H groups in total. The van der Waals surface area contributed by atoms with Crippen LogP contribution in [0.4, 0.5) is 17.1 Å². The fourth-order valence-electron chi connectivity index (χ4n) is 3.63. The van der Waals surface area contributed by atoms with E-state index in [0.717, 1.165) is 34.1 Å². The topological polar surface area (TPSA) is 51.4 Å². The second-order valence-corrected chi connectivity index (χ2v) is 6.76. The van der Waals surface area contributed by atoms with Crippen molar-refractivity contribution in [1.82, 2.24) is 9.97 Å². The third-order valence-corrected chi connectivity index (χ3v) is 4.97. The zero-order valence-electron chi connectivity index (χ0n) is 15.3. The fraction of sp³-hybridized carbons (Fsp3) is 0. The molecule has 0 atom stereocenters. The minimum Gasteiger partial charge on any atom is -0.453 e. The molecule has 3 heterocycles. The molecule has 0 amide bonds. The van der Waals surface area contributed by atoms with Gasteiger partial charge in [-0.1, -0.05) is 24.3 Å². The first-order chi connectivity index (χ1) is 14.4. The molecule has 0 spiro atoms. The van der Waals surface area contributed by atoms with Crippen molar-refractivity contribution in [3.8, 4) is 23.0 Å². The van der Waals surface area contributed by atoms with Crippen molar-refractivity contribution in [3.63, 3.8) is 0 Å². The van der Waals surface area contributed by atoms with Crippen LogP contribution in [0.15, 0.2) is 95.5 Å². The van der Waals surface area contributed by atoms with Crippen molar-refractivity contribution in [2.45, 2.75) is 0 Å². The predicted molar refractivity (Wildman–Crippen MR) is 112 cm³/mol. The lowest BCUT2D eigenvalue weighted by molar-refractivity contribution is 0.477. The van der Waals surface area contributed by atoms with Crippen molar-refractivity contribution in [2.75, 3.05) is 4.90 Å². The van der Waals surface area contributed by atoms with Crippen LogP contribution in [-0.2, 0) is 0 Å². The van der Waals surface area contributed by atoms with Crippen LogP contribution in [0.25, 0.3) is 22.7 Å². The highest BCUT2D eigenvalue weighted by atomic mass is 16.5. The number of pyridine rings is 1. The van der Waals surface area contributed by atoms with Crippen molar-refractivity contribution >= 4 is 28.3 Å². The second kappa shape index (κ2) is 6.21. The summed E-state index contributed by atoms with van der Waals surface area (Å²) in [4.78, 5) is 10.9. The van der Waals surface area contributed by atoms with Crippen LogP contribution < -0.4 is 9.64 Å². The summed E-state index contributed by atoms with van der Waals surface area (Å²) in [5.74, 6) is 2.23. The number of oxazole rings is 1. The number of rotatable bonds is 2. The van der Waals surface area contributed by atoms with Crippen molar-refractivity contribution < 1.29 is 9.15 Å².